The van der Waals surface area contributed by atoms with Gasteiger partial charge in [-0.15, -0.1) is 5.10 Å². The molecule has 7 nitrogen and oxygen atoms in total. The zero-order chi connectivity index (χ0) is 18.3. The summed E-state index contributed by atoms with van der Waals surface area (Å²) in [7, 11) is 0. The summed E-state index contributed by atoms with van der Waals surface area (Å²) in [5.74, 6) is -0.273. The maximum atomic E-state index is 13.1. The van der Waals surface area contributed by atoms with Crippen LogP contribution in [0.4, 0.5) is 10.1 Å². The highest BCUT2D eigenvalue weighted by Crippen LogP contribution is 2.42. The van der Waals surface area contributed by atoms with Gasteiger partial charge in [-0.05, 0) is 29.8 Å². The van der Waals surface area contributed by atoms with Gasteiger partial charge in [0.05, 0.1) is 4.92 Å². The van der Waals surface area contributed by atoms with Crippen molar-refractivity contribution in [1.82, 2.24) is 14.8 Å². The molecule has 2 heterocycles. The van der Waals surface area contributed by atoms with E-state index in [9.17, 15) is 19.3 Å². The first kappa shape index (κ1) is 16.4. The number of nitrogens with zero attached hydrogens (tertiary/aromatic N) is 4. The predicted octanol–water partition coefficient (Wildman–Crippen LogP) is 3.87. The minimum absolute atomic E-state index is 0.0189. The van der Waals surface area contributed by atoms with Crippen LogP contribution < -0.4 is 0 Å². The van der Waals surface area contributed by atoms with Crippen molar-refractivity contribution in [1.29, 1.82) is 0 Å². The summed E-state index contributed by atoms with van der Waals surface area (Å²) in [6.45, 7) is 0. The number of aromatic nitrogens is 3. The summed E-state index contributed by atoms with van der Waals surface area (Å²) in [5, 5.41) is 15.3. The Balaban J connectivity index is 1.66. The van der Waals surface area contributed by atoms with Crippen LogP contribution in [0.1, 0.15) is 22.0 Å². The van der Waals surface area contributed by atoms with E-state index in [0.717, 1.165) is 0 Å². The van der Waals surface area contributed by atoms with E-state index in [4.69, 9.17) is 0 Å². The lowest BCUT2D eigenvalue weighted by Gasteiger charge is -2.20. The van der Waals surface area contributed by atoms with Gasteiger partial charge in [-0.25, -0.2) is 9.37 Å². The van der Waals surface area contributed by atoms with Gasteiger partial charge in [0.1, 0.15) is 5.82 Å². The average molecular weight is 370 g/mol. The summed E-state index contributed by atoms with van der Waals surface area (Å²) in [5.41, 5.74) is 1.28. The molecule has 2 aromatic carbocycles. The number of thioether (sulfide) groups is 1. The summed E-state index contributed by atoms with van der Waals surface area (Å²) < 4.78 is 14.3. The summed E-state index contributed by atoms with van der Waals surface area (Å²) in [6, 6.07) is 11.9. The third-order valence-corrected chi connectivity index (χ3v) is 5.18. The molecule has 0 amide bonds. The second-order valence-electron chi connectivity index (χ2n) is 5.69. The van der Waals surface area contributed by atoms with Crippen LogP contribution in [0.25, 0.3) is 11.4 Å². The number of benzene rings is 2. The second-order valence-corrected chi connectivity index (χ2v) is 6.86. The molecule has 1 aliphatic rings. The van der Waals surface area contributed by atoms with Gasteiger partial charge in [0.25, 0.3) is 11.6 Å². The molecule has 0 radical (unpaired) electrons. The third-order valence-electron chi connectivity index (χ3n) is 3.98. The number of hydrogen-bond acceptors (Lipinski definition) is 6. The molecular weight excluding hydrogens is 359 g/mol. The van der Waals surface area contributed by atoms with Gasteiger partial charge in [0.2, 0.25) is 0 Å². The first-order valence-electron chi connectivity index (χ1n) is 7.68. The molecule has 0 saturated carbocycles. The third kappa shape index (κ3) is 2.97. The monoisotopic (exact) mass is 370 g/mol. The van der Waals surface area contributed by atoms with Crippen molar-refractivity contribution >= 4 is 23.4 Å². The Morgan fingerprint density at radius 2 is 2.00 bits per heavy atom. The Morgan fingerprint density at radius 1 is 1.23 bits per heavy atom. The minimum atomic E-state index is -0.464. The molecule has 130 valence electrons. The molecule has 3 aromatic rings. The SMILES string of the molecule is O=C1C[C@H](c2cccc([N+](=O)[O-])c2)Sc2nc(-c3ccc(F)cc3)nn21. The summed E-state index contributed by atoms with van der Waals surface area (Å²) >= 11 is 1.32. The van der Waals surface area contributed by atoms with Crippen molar-refractivity contribution in [2.45, 2.75) is 16.8 Å². The maximum absolute atomic E-state index is 13.1. The van der Waals surface area contributed by atoms with Gasteiger partial charge in [0, 0.05) is 29.4 Å². The molecule has 4 rings (SSSR count). The quantitative estimate of drug-likeness (QED) is 0.513. The molecule has 0 N–H and O–H groups in total. The van der Waals surface area contributed by atoms with Crippen LogP contribution in [0.5, 0.6) is 0 Å². The number of hydrogen-bond donors (Lipinski definition) is 0. The first-order chi connectivity index (χ1) is 12.5. The highest BCUT2D eigenvalue weighted by atomic mass is 32.2. The molecule has 0 fully saturated rings. The van der Waals surface area contributed by atoms with E-state index in [1.807, 2.05) is 0 Å². The molecule has 1 atom stereocenters. The van der Waals surface area contributed by atoms with Crippen LogP contribution in [-0.4, -0.2) is 25.6 Å². The Hall–Kier alpha value is -3.07. The van der Waals surface area contributed by atoms with Crippen molar-refractivity contribution in [3.63, 3.8) is 0 Å². The number of halogens is 1. The largest absolute Gasteiger partial charge is 0.272 e. The highest BCUT2D eigenvalue weighted by molar-refractivity contribution is 7.99. The van der Waals surface area contributed by atoms with Crippen molar-refractivity contribution in [2.75, 3.05) is 0 Å². The number of rotatable bonds is 3. The Bertz CT molecular complexity index is 1020. The van der Waals surface area contributed by atoms with Gasteiger partial charge in [-0.1, -0.05) is 23.9 Å². The van der Waals surface area contributed by atoms with Gasteiger partial charge < -0.3 is 0 Å². The molecule has 0 saturated heterocycles. The van der Waals surface area contributed by atoms with Crippen LogP contribution in [-0.2, 0) is 0 Å². The summed E-state index contributed by atoms with van der Waals surface area (Å²) in [4.78, 5) is 27.3. The normalized spacial score (nSPS) is 16.3. The van der Waals surface area contributed by atoms with Crippen LogP contribution in [0.3, 0.4) is 0 Å². The molecule has 26 heavy (non-hydrogen) atoms. The van der Waals surface area contributed by atoms with E-state index in [2.05, 4.69) is 10.1 Å². The second kappa shape index (κ2) is 6.34. The van der Waals surface area contributed by atoms with E-state index >= 15 is 0 Å². The highest BCUT2D eigenvalue weighted by Gasteiger charge is 2.30. The maximum Gasteiger partial charge on any atom is 0.269 e. The van der Waals surface area contributed by atoms with Crippen molar-refractivity contribution in [3.8, 4) is 11.4 Å². The minimum Gasteiger partial charge on any atom is -0.272 e. The number of nitro benzene ring substituents is 1. The van der Waals surface area contributed by atoms with Gasteiger partial charge in [-0.2, -0.15) is 4.68 Å². The fourth-order valence-electron chi connectivity index (χ4n) is 2.70. The number of fused-ring (bicyclic) bond motifs is 1. The predicted molar refractivity (Wildman–Crippen MR) is 92.4 cm³/mol. The standard InChI is InChI=1S/C17H11FN4O3S/c18-12-6-4-10(5-7-12)16-19-17-21(20-16)15(23)9-14(26-17)11-2-1-3-13(8-11)22(24)25/h1-8,14H,9H2/t14-/m1/s1. The van der Waals surface area contributed by atoms with Crippen molar-refractivity contribution in [2.24, 2.45) is 0 Å². The van der Waals surface area contributed by atoms with Crippen LogP contribution in [0.15, 0.2) is 53.7 Å². The van der Waals surface area contributed by atoms with Crippen LogP contribution in [0.2, 0.25) is 0 Å². The molecule has 9 heteroatoms. The van der Waals surface area contributed by atoms with E-state index < -0.39 is 4.92 Å². The number of carbonyl (C=O) groups is 1. The molecule has 0 unspecified atom stereocenters. The van der Waals surface area contributed by atoms with E-state index in [0.29, 0.717) is 22.1 Å². The molecule has 0 spiro atoms. The Labute approximate surface area is 151 Å². The van der Waals surface area contributed by atoms with E-state index in [1.165, 1.54) is 40.7 Å². The lowest BCUT2D eigenvalue weighted by Crippen LogP contribution is -2.21. The van der Waals surface area contributed by atoms with E-state index in [-0.39, 0.29) is 29.1 Å². The van der Waals surface area contributed by atoms with Crippen molar-refractivity contribution in [3.05, 3.63) is 70.0 Å². The molecule has 1 aromatic heterocycles. The van der Waals surface area contributed by atoms with Gasteiger partial charge in [0.15, 0.2) is 11.0 Å². The molecule has 0 bridgehead atoms. The lowest BCUT2D eigenvalue weighted by atomic mass is 10.1. The van der Waals surface area contributed by atoms with Gasteiger partial charge in [-0.3, -0.25) is 14.9 Å². The molecular formula is C17H11FN4O3S. The molecule has 0 aliphatic carbocycles. The fraction of sp³-hybridized carbons (Fsp3) is 0.118. The van der Waals surface area contributed by atoms with Gasteiger partial charge >= 0.3 is 0 Å². The number of nitro groups is 1. The number of non-ortho nitro benzene ring substituents is 1. The van der Waals surface area contributed by atoms with Crippen LogP contribution in [0, 0.1) is 15.9 Å². The van der Waals surface area contributed by atoms with Crippen molar-refractivity contribution < 1.29 is 14.1 Å². The fourth-order valence-corrected chi connectivity index (χ4v) is 3.84. The first-order valence-corrected chi connectivity index (χ1v) is 8.56. The zero-order valence-electron chi connectivity index (χ0n) is 13.2. The Kier molecular flexibility index (Phi) is 4.00. The van der Waals surface area contributed by atoms with E-state index in [1.54, 1.807) is 24.3 Å². The lowest BCUT2D eigenvalue weighted by molar-refractivity contribution is -0.384. The molecule has 1 aliphatic heterocycles. The average Bonchev–Trinajstić information content (AvgIpc) is 3.07. The number of carbonyl (C=O) groups excluding carboxylic acids is 1. The smallest absolute Gasteiger partial charge is 0.269 e. The summed E-state index contributed by atoms with van der Waals surface area (Å²) in [6.07, 6.45) is 0.158. The van der Waals surface area contributed by atoms with Crippen LogP contribution >= 0.6 is 11.8 Å². The Morgan fingerprint density at radius 3 is 2.73 bits per heavy atom. The topological polar surface area (TPSA) is 90.9 Å². The zero-order valence-corrected chi connectivity index (χ0v) is 14.0.